The van der Waals surface area contributed by atoms with E-state index in [0.717, 1.165) is 32.1 Å². The maximum absolute atomic E-state index is 13.9. The molecule has 41 heavy (non-hydrogen) atoms. The zero-order valence-corrected chi connectivity index (χ0v) is 23.4. The molecule has 3 aromatic rings. The predicted octanol–water partition coefficient (Wildman–Crippen LogP) is 5.95. The topological polar surface area (TPSA) is 101 Å². The van der Waals surface area contributed by atoms with E-state index in [2.05, 4.69) is 15.6 Å². The molecule has 0 saturated heterocycles. The lowest BCUT2D eigenvalue weighted by Gasteiger charge is -2.33. The summed E-state index contributed by atoms with van der Waals surface area (Å²) in [6, 6.07) is 16.8. The molecule has 1 heterocycles. The number of carbonyl (C=O) groups excluding carboxylic acids is 3. The number of nitrogens with zero attached hydrogens (tertiary/aromatic N) is 2. The Bertz CT molecular complexity index is 1280. The summed E-state index contributed by atoms with van der Waals surface area (Å²) < 4.78 is 19.5. The van der Waals surface area contributed by atoms with E-state index in [-0.39, 0.29) is 43.0 Å². The average Bonchev–Trinajstić information content (AvgIpc) is 2.98. The van der Waals surface area contributed by atoms with Gasteiger partial charge in [-0.15, -0.1) is 0 Å². The molecule has 2 N–H and O–H groups in total. The molecule has 2 aromatic carbocycles. The van der Waals surface area contributed by atoms with Crippen molar-refractivity contribution < 1.29 is 23.5 Å². The van der Waals surface area contributed by atoms with Crippen molar-refractivity contribution in [3.8, 4) is 5.75 Å². The van der Waals surface area contributed by atoms with Crippen LogP contribution in [0.15, 0.2) is 72.9 Å². The molecular formula is C32H37FN4O4. The van der Waals surface area contributed by atoms with Gasteiger partial charge in [0.1, 0.15) is 23.4 Å². The molecular weight excluding hydrogens is 523 g/mol. The number of carbonyl (C=O) groups is 3. The minimum atomic E-state index is -1.02. The molecule has 8 nitrogen and oxygen atoms in total. The van der Waals surface area contributed by atoms with Crippen LogP contribution in [0.4, 0.5) is 15.9 Å². The predicted molar refractivity (Wildman–Crippen MR) is 156 cm³/mol. The number of hydrogen-bond donors (Lipinski definition) is 2. The molecule has 1 aliphatic carbocycles. The van der Waals surface area contributed by atoms with Crippen molar-refractivity contribution in [2.45, 2.75) is 70.4 Å². The zero-order valence-electron chi connectivity index (χ0n) is 23.4. The molecule has 3 amide bonds. The lowest BCUT2D eigenvalue weighted by molar-refractivity contribution is -0.127. The van der Waals surface area contributed by atoms with Crippen LogP contribution in [-0.2, 0) is 14.4 Å². The normalized spacial score (nSPS) is 14.1. The van der Waals surface area contributed by atoms with Crippen molar-refractivity contribution in [3.05, 3.63) is 84.3 Å². The maximum atomic E-state index is 13.9. The molecule has 1 fully saturated rings. The van der Waals surface area contributed by atoms with Crippen LogP contribution >= 0.6 is 0 Å². The van der Waals surface area contributed by atoms with E-state index in [4.69, 9.17) is 4.74 Å². The summed E-state index contributed by atoms with van der Waals surface area (Å²) in [7, 11) is 0. The maximum Gasteiger partial charge on any atom is 0.248 e. The summed E-state index contributed by atoms with van der Waals surface area (Å²) in [5.41, 5.74) is 0.999. The smallest absolute Gasteiger partial charge is 0.248 e. The van der Waals surface area contributed by atoms with Gasteiger partial charge in [0.05, 0.1) is 6.61 Å². The third kappa shape index (κ3) is 8.61. The van der Waals surface area contributed by atoms with E-state index in [1.807, 2.05) is 6.92 Å². The van der Waals surface area contributed by atoms with Gasteiger partial charge in [-0.25, -0.2) is 9.37 Å². The number of nitrogens with one attached hydrogen (secondary N) is 2. The SMILES string of the molecule is CCOc1ccc(N(C(=O)CCCC(=O)Nc2ccccn2)[C@H](C(=O)NC2CCCCC2)c2ccc(F)cc2)cc1. The molecule has 1 saturated carbocycles. The van der Waals surface area contributed by atoms with Crippen molar-refractivity contribution in [1.29, 1.82) is 0 Å². The van der Waals surface area contributed by atoms with Gasteiger partial charge in [0.15, 0.2) is 0 Å². The minimum absolute atomic E-state index is 0.0202. The third-order valence-electron chi connectivity index (χ3n) is 7.07. The number of rotatable bonds is 12. The van der Waals surface area contributed by atoms with Crippen LogP contribution in [0.1, 0.15) is 69.9 Å². The molecule has 1 aromatic heterocycles. The summed E-state index contributed by atoms with van der Waals surface area (Å²) in [4.78, 5) is 45.8. The number of pyridine rings is 1. The molecule has 0 unspecified atom stereocenters. The van der Waals surface area contributed by atoms with Gasteiger partial charge >= 0.3 is 0 Å². The van der Waals surface area contributed by atoms with Gasteiger partial charge in [-0.3, -0.25) is 19.3 Å². The molecule has 4 rings (SSSR count). The molecule has 9 heteroatoms. The van der Waals surface area contributed by atoms with Crippen molar-refractivity contribution in [2.24, 2.45) is 0 Å². The van der Waals surface area contributed by atoms with E-state index in [9.17, 15) is 18.8 Å². The molecule has 1 aliphatic rings. The van der Waals surface area contributed by atoms with Gasteiger partial charge in [-0.1, -0.05) is 37.5 Å². The fraction of sp³-hybridized carbons (Fsp3) is 0.375. The highest BCUT2D eigenvalue weighted by Gasteiger charge is 2.34. The highest BCUT2D eigenvalue weighted by atomic mass is 19.1. The number of ether oxygens (including phenoxy) is 1. The number of hydrogen-bond acceptors (Lipinski definition) is 5. The van der Waals surface area contributed by atoms with E-state index in [1.165, 1.54) is 29.2 Å². The Morgan fingerprint density at radius 3 is 2.37 bits per heavy atom. The van der Waals surface area contributed by atoms with Crippen LogP contribution in [0, 0.1) is 5.82 Å². The Labute approximate surface area is 240 Å². The Hall–Kier alpha value is -4.27. The fourth-order valence-corrected chi connectivity index (χ4v) is 5.06. The van der Waals surface area contributed by atoms with Gasteiger partial charge in [0.25, 0.3) is 0 Å². The van der Waals surface area contributed by atoms with E-state index < -0.39 is 11.9 Å². The second kappa shape index (κ2) is 14.9. The summed E-state index contributed by atoms with van der Waals surface area (Å²) in [6.07, 6.45) is 6.95. The van der Waals surface area contributed by atoms with Gasteiger partial charge in [-0.05, 0) is 80.3 Å². The van der Waals surface area contributed by atoms with E-state index in [0.29, 0.717) is 29.4 Å². The number of amides is 3. The Morgan fingerprint density at radius 2 is 1.71 bits per heavy atom. The Morgan fingerprint density at radius 1 is 0.976 bits per heavy atom. The molecule has 0 spiro atoms. The first kappa shape index (κ1) is 29.7. The monoisotopic (exact) mass is 560 g/mol. The molecule has 216 valence electrons. The number of benzene rings is 2. The van der Waals surface area contributed by atoms with Crippen LogP contribution in [0.2, 0.25) is 0 Å². The molecule has 1 atom stereocenters. The van der Waals surface area contributed by atoms with Crippen molar-refractivity contribution in [2.75, 3.05) is 16.8 Å². The highest BCUT2D eigenvalue weighted by Crippen LogP contribution is 2.31. The largest absolute Gasteiger partial charge is 0.494 e. The molecule has 0 radical (unpaired) electrons. The van der Waals surface area contributed by atoms with Gasteiger partial charge in [0.2, 0.25) is 17.7 Å². The summed E-state index contributed by atoms with van der Waals surface area (Å²) in [5.74, 6) is -0.255. The lowest BCUT2D eigenvalue weighted by atomic mass is 9.94. The first-order chi connectivity index (χ1) is 19.9. The Balaban J connectivity index is 1.58. The average molecular weight is 561 g/mol. The standard InChI is InChI=1S/C32H37FN4O4/c1-2-41-27-20-18-26(19-21-27)37(30(39)13-8-12-29(38)36-28-11-6-7-22-34-28)31(23-14-16-24(33)17-15-23)32(40)35-25-9-4-3-5-10-25/h6-7,11,14-22,25,31H,2-5,8-10,12-13H2,1H3,(H,35,40)(H,34,36,38)/t31-/m0/s1. The van der Waals surface area contributed by atoms with Crippen LogP contribution in [0.25, 0.3) is 0 Å². The van der Waals surface area contributed by atoms with Crippen molar-refractivity contribution >= 4 is 29.2 Å². The van der Waals surface area contributed by atoms with E-state index in [1.54, 1.807) is 48.7 Å². The highest BCUT2D eigenvalue weighted by molar-refractivity contribution is 6.01. The second-order valence-corrected chi connectivity index (χ2v) is 10.1. The van der Waals surface area contributed by atoms with Crippen LogP contribution in [-0.4, -0.2) is 35.4 Å². The third-order valence-corrected chi connectivity index (χ3v) is 7.07. The fourth-order valence-electron chi connectivity index (χ4n) is 5.06. The molecule has 0 bridgehead atoms. The van der Waals surface area contributed by atoms with Gasteiger partial charge in [-0.2, -0.15) is 0 Å². The first-order valence-electron chi connectivity index (χ1n) is 14.3. The quantitative estimate of drug-likeness (QED) is 0.285. The van der Waals surface area contributed by atoms with Crippen molar-refractivity contribution in [1.82, 2.24) is 10.3 Å². The number of anilines is 2. The first-order valence-corrected chi connectivity index (χ1v) is 14.3. The number of halogens is 1. The van der Waals surface area contributed by atoms with Crippen molar-refractivity contribution in [3.63, 3.8) is 0 Å². The lowest BCUT2D eigenvalue weighted by Crippen LogP contribution is -2.47. The van der Waals surface area contributed by atoms with Gasteiger partial charge < -0.3 is 15.4 Å². The second-order valence-electron chi connectivity index (χ2n) is 10.1. The van der Waals surface area contributed by atoms with Crippen LogP contribution in [0.5, 0.6) is 5.75 Å². The Kier molecular flexibility index (Phi) is 10.8. The van der Waals surface area contributed by atoms with Crippen LogP contribution in [0.3, 0.4) is 0 Å². The van der Waals surface area contributed by atoms with Crippen LogP contribution < -0.4 is 20.3 Å². The molecule has 0 aliphatic heterocycles. The van der Waals surface area contributed by atoms with E-state index >= 15 is 0 Å². The number of aromatic nitrogens is 1. The summed E-state index contributed by atoms with van der Waals surface area (Å²) in [5, 5.41) is 5.87. The zero-order chi connectivity index (χ0) is 29.0. The summed E-state index contributed by atoms with van der Waals surface area (Å²) >= 11 is 0. The minimum Gasteiger partial charge on any atom is -0.494 e. The summed E-state index contributed by atoms with van der Waals surface area (Å²) in [6.45, 7) is 2.37. The van der Waals surface area contributed by atoms with Gasteiger partial charge in [0, 0.05) is 30.8 Å².